The highest BCUT2D eigenvalue weighted by Gasteiger charge is 2.30. The van der Waals surface area contributed by atoms with Crippen LogP contribution in [0, 0.1) is 0 Å². The van der Waals surface area contributed by atoms with E-state index in [-0.39, 0.29) is 6.42 Å². The van der Waals surface area contributed by atoms with Crippen LogP contribution in [0.5, 0.6) is 0 Å². The molecule has 0 bridgehead atoms. The molecular weight excluding hydrogens is 355 g/mol. The van der Waals surface area contributed by atoms with Gasteiger partial charge in [-0.2, -0.15) is 13.2 Å². The van der Waals surface area contributed by atoms with E-state index in [1.165, 1.54) is 23.6 Å². The van der Waals surface area contributed by atoms with Gasteiger partial charge in [0.25, 0.3) is 0 Å². The minimum absolute atomic E-state index is 0.0935. The summed E-state index contributed by atoms with van der Waals surface area (Å²) in [4.78, 5) is 12.4. The number of carbonyl (C=O) groups is 1. The van der Waals surface area contributed by atoms with Crippen LogP contribution in [0.1, 0.15) is 16.7 Å². The number of benzene rings is 2. The molecule has 25 heavy (non-hydrogen) atoms. The number of amides is 1. The van der Waals surface area contributed by atoms with E-state index in [1.807, 2.05) is 0 Å². The van der Waals surface area contributed by atoms with E-state index in [1.54, 1.807) is 18.2 Å². The number of alkyl halides is 3. The summed E-state index contributed by atoms with van der Waals surface area (Å²) in [5.74, 6) is -0.415. The third-order valence-corrected chi connectivity index (χ3v) is 5.22. The van der Waals surface area contributed by atoms with Crippen LogP contribution in [0.4, 0.5) is 18.9 Å². The Kier molecular flexibility index (Phi) is 4.36. The molecule has 1 aliphatic heterocycles. The Morgan fingerprint density at radius 1 is 1.08 bits per heavy atom. The lowest BCUT2D eigenvalue weighted by atomic mass is 10.1. The second-order valence-electron chi connectivity index (χ2n) is 5.57. The molecule has 0 atom stereocenters. The van der Waals surface area contributed by atoms with E-state index >= 15 is 0 Å². The number of anilines is 1. The molecule has 2 aromatic carbocycles. The zero-order valence-electron chi connectivity index (χ0n) is 12.7. The molecule has 132 valence electrons. The van der Waals surface area contributed by atoms with Gasteiger partial charge in [0.2, 0.25) is 5.91 Å². The Labute approximate surface area is 143 Å². The smallest absolute Gasteiger partial charge is 0.326 e. The molecule has 0 unspecified atom stereocenters. The first-order valence-electron chi connectivity index (χ1n) is 7.21. The van der Waals surface area contributed by atoms with E-state index in [0.29, 0.717) is 21.7 Å². The maximum absolute atomic E-state index is 12.5. The van der Waals surface area contributed by atoms with Crippen molar-refractivity contribution in [3.8, 4) is 0 Å². The van der Waals surface area contributed by atoms with Crippen molar-refractivity contribution in [1.29, 1.82) is 0 Å². The van der Waals surface area contributed by atoms with Gasteiger partial charge in [-0.25, -0.2) is 0 Å². The van der Waals surface area contributed by atoms with E-state index in [4.69, 9.17) is 0 Å². The molecule has 0 aliphatic carbocycles. The molecule has 1 heterocycles. The lowest BCUT2D eigenvalue weighted by Crippen LogP contribution is -2.15. The van der Waals surface area contributed by atoms with Crippen molar-refractivity contribution < 1.29 is 27.1 Å². The molecule has 0 radical (unpaired) electrons. The van der Waals surface area contributed by atoms with Gasteiger partial charge in [-0.3, -0.25) is 13.9 Å². The van der Waals surface area contributed by atoms with Crippen molar-refractivity contribution in [2.45, 2.75) is 17.5 Å². The molecular formula is C17H14F3NO3S. The fraction of sp³-hybridized carbons (Fsp3) is 0.118. The number of hydrogen-bond donors (Lipinski definition) is 3. The second-order valence-corrected chi connectivity index (χ2v) is 7.47. The number of rotatable bonds is 3. The third kappa shape index (κ3) is 3.87. The lowest BCUT2D eigenvalue weighted by Gasteiger charge is -2.25. The zero-order valence-corrected chi connectivity index (χ0v) is 13.6. The van der Waals surface area contributed by atoms with Gasteiger partial charge < -0.3 is 5.32 Å². The zero-order chi connectivity index (χ0) is 18.2. The summed E-state index contributed by atoms with van der Waals surface area (Å²) in [6.45, 7) is 0. The number of halogens is 3. The largest absolute Gasteiger partial charge is 0.416 e. The maximum Gasteiger partial charge on any atom is 0.416 e. The van der Waals surface area contributed by atoms with Gasteiger partial charge in [0.05, 0.1) is 16.9 Å². The average molecular weight is 369 g/mol. The molecule has 8 heteroatoms. The Morgan fingerprint density at radius 3 is 2.40 bits per heavy atom. The first-order valence-corrected chi connectivity index (χ1v) is 8.82. The Bertz CT molecular complexity index is 845. The molecule has 4 nitrogen and oxygen atoms in total. The lowest BCUT2D eigenvalue weighted by molar-refractivity contribution is -0.137. The summed E-state index contributed by atoms with van der Waals surface area (Å²) < 4.78 is 57.3. The van der Waals surface area contributed by atoms with E-state index in [2.05, 4.69) is 5.32 Å². The van der Waals surface area contributed by atoms with Crippen LogP contribution in [0.15, 0.2) is 52.8 Å². The van der Waals surface area contributed by atoms with Crippen molar-refractivity contribution >= 4 is 28.3 Å². The highest BCUT2D eigenvalue weighted by Crippen LogP contribution is 2.56. The van der Waals surface area contributed by atoms with Gasteiger partial charge in [0, 0.05) is 11.1 Å². The van der Waals surface area contributed by atoms with Crippen molar-refractivity contribution in [1.82, 2.24) is 0 Å². The van der Waals surface area contributed by atoms with Gasteiger partial charge in [-0.1, -0.05) is 18.2 Å². The molecule has 3 N–H and O–H groups in total. The first kappa shape index (κ1) is 17.5. The minimum atomic E-state index is -4.41. The Morgan fingerprint density at radius 2 is 1.76 bits per heavy atom. The summed E-state index contributed by atoms with van der Waals surface area (Å²) in [7, 11) is -2.98. The second kappa shape index (κ2) is 6.21. The monoisotopic (exact) mass is 369 g/mol. The van der Waals surface area contributed by atoms with Crippen molar-refractivity contribution in [3.05, 3.63) is 64.6 Å². The molecule has 2 aromatic rings. The summed E-state index contributed by atoms with van der Waals surface area (Å²) in [6.07, 6.45) is -2.91. The number of nitrogens with one attached hydrogen (secondary N) is 1. The number of hydrogen-bond acceptors (Lipinski definition) is 3. The quantitative estimate of drug-likeness (QED) is 0.715. The molecule has 1 amide bonds. The number of carbonyl (C=O) groups excluding carboxylic acids is 1. The number of fused-ring (bicyclic) bond motifs is 1. The highest BCUT2D eigenvalue weighted by molar-refractivity contribution is 8.27. The van der Waals surface area contributed by atoms with Crippen molar-refractivity contribution in [3.63, 3.8) is 0 Å². The predicted molar refractivity (Wildman–Crippen MR) is 90.4 cm³/mol. The standard InChI is InChI=1S/C17H14F3NO3S/c18-17(19,20)13-4-1-11(2-5-13)9-16(22)21-14-6-3-12-7-8-25(23,24)15(12)10-14/h1-8,10,23-24H,9H2,(H,21,22). The molecule has 0 fully saturated rings. The fourth-order valence-corrected chi connectivity index (χ4v) is 3.72. The van der Waals surface area contributed by atoms with Gasteiger partial charge in [0.15, 0.2) is 0 Å². The molecule has 1 aliphatic rings. The van der Waals surface area contributed by atoms with E-state index < -0.39 is 28.2 Å². The molecule has 0 aromatic heterocycles. The van der Waals surface area contributed by atoms with Crippen LogP contribution in [0.2, 0.25) is 0 Å². The normalized spacial score (nSPS) is 16.4. The Balaban J connectivity index is 1.68. The predicted octanol–water partition coefficient (Wildman–Crippen LogP) is 4.98. The highest BCUT2D eigenvalue weighted by atomic mass is 32.3. The first-order chi connectivity index (χ1) is 11.6. The van der Waals surface area contributed by atoms with Crippen LogP contribution in [0.3, 0.4) is 0 Å². The van der Waals surface area contributed by atoms with Gasteiger partial charge in [0.1, 0.15) is 0 Å². The van der Waals surface area contributed by atoms with Crippen LogP contribution in [-0.2, 0) is 17.4 Å². The summed E-state index contributed by atoms with van der Waals surface area (Å²) in [5, 5.41) is 3.92. The van der Waals surface area contributed by atoms with Gasteiger partial charge >= 0.3 is 6.18 Å². The van der Waals surface area contributed by atoms with Gasteiger partial charge in [-0.15, -0.1) is 10.6 Å². The van der Waals surface area contributed by atoms with Crippen molar-refractivity contribution in [2.24, 2.45) is 0 Å². The van der Waals surface area contributed by atoms with Crippen LogP contribution in [-0.4, -0.2) is 15.0 Å². The molecule has 0 saturated carbocycles. The summed E-state index contributed by atoms with van der Waals surface area (Å²) in [5.41, 5.74) is 0.727. The molecule has 0 spiro atoms. The fourth-order valence-electron chi connectivity index (χ4n) is 2.45. The van der Waals surface area contributed by atoms with Crippen LogP contribution in [0.25, 0.3) is 6.08 Å². The average Bonchev–Trinajstić information content (AvgIpc) is 2.82. The molecule has 0 saturated heterocycles. The van der Waals surface area contributed by atoms with E-state index in [0.717, 1.165) is 12.1 Å². The summed E-state index contributed by atoms with van der Waals surface area (Å²) in [6, 6.07) is 9.12. The minimum Gasteiger partial charge on any atom is -0.326 e. The van der Waals surface area contributed by atoms with Crippen molar-refractivity contribution in [2.75, 3.05) is 5.32 Å². The van der Waals surface area contributed by atoms with E-state index in [9.17, 15) is 27.1 Å². The third-order valence-electron chi connectivity index (χ3n) is 3.70. The Hall–Kier alpha value is -2.29. The van der Waals surface area contributed by atoms with Crippen LogP contribution < -0.4 is 5.32 Å². The van der Waals surface area contributed by atoms with Gasteiger partial charge in [-0.05, 0) is 41.5 Å². The van der Waals surface area contributed by atoms with Crippen LogP contribution >= 0.6 is 10.6 Å². The molecule has 3 rings (SSSR count). The topological polar surface area (TPSA) is 69.6 Å². The maximum atomic E-state index is 12.5. The summed E-state index contributed by atoms with van der Waals surface area (Å²) >= 11 is 0. The SMILES string of the molecule is O=C(Cc1ccc(C(F)(F)F)cc1)Nc1ccc2c(c1)S(O)(O)C=C2.